The van der Waals surface area contributed by atoms with Crippen molar-refractivity contribution in [2.45, 2.75) is 51.9 Å². The van der Waals surface area contributed by atoms with E-state index in [4.69, 9.17) is 4.74 Å². The summed E-state index contributed by atoms with van der Waals surface area (Å²) in [7, 11) is 0. The van der Waals surface area contributed by atoms with Crippen LogP contribution in [0.2, 0.25) is 0 Å². The van der Waals surface area contributed by atoms with Gasteiger partial charge in [0, 0.05) is 52.7 Å². The van der Waals surface area contributed by atoms with Crippen molar-refractivity contribution < 1.29 is 19.1 Å². The van der Waals surface area contributed by atoms with Crippen LogP contribution in [0.4, 0.5) is 4.79 Å². The van der Waals surface area contributed by atoms with Crippen LogP contribution in [0.25, 0.3) is 10.9 Å². The molecule has 0 spiro atoms. The van der Waals surface area contributed by atoms with E-state index >= 15 is 0 Å². The van der Waals surface area contributed by atoms with Gasteiger partial charge in [-0.25, -0.2) is 4.79 Å². The van der Waals surface area contributed by atoms with Crippen LogP contribution in [0.1, 0.15) is 32.0 Å². The highest BCUT2D eigenvalue weighted by molar-refractivity contribution is 9.10. The number of fused-ring (bicyclic) bond motifs is 3. The molecule has 2 aliphatic heterocycles. The molecule has 2 aromatic rings. The number of carbonyl (C=O) groups excluding carboxylic acids is 3. The van der Waals surface area contributed by atoms with Crippen LogP contribution in [-0.4, -0.2) is 63.6 Å². The maximum atomic E-state index is 12.8. The summed E-state index contributed by atoms with van der Waals surface area (Å²) < 4.78 is 8.55. The fourth-order valence-electron chi connectivity index (χ4n) is 4.38. The number of likely N-dealkylation sites (tertiary alicyclic amines) is 1. The van der Waals surface area contributed by atoms with Crippen LogP contribution >= 0.6 is 15.9 Å². The number of benzene rings is 1. The zero-order valence-electron chi connectivity index (χ0n) is 19.2. The van der Waals surface area contributed by atoms with Gasteiger partial charge in [-0.3, -0.25) is 9.59 Å². The molecule has 8 nitrogen and oxygen atoms in total. The van der Waals surface area contributed by atoms with Gasteiger partial charge in [0.1, 0.15) is 12.1 Å². The molecule has 1 aromatic carbocycles. The summed E-state index contributed by atoms with van der Waals surface area (Å²) in [6, 6.07) is 5.94. The second-order valence-corrected chi connectivity index (χ2v) is 10.5. The van der Waals surface area contributed by atoms with Gasteiger partial charge in [-0.05, 0) is 45.0 Å². The minimum Gasteiger partial charge on any atom is -0.444 e. The van der Waals surface area contributed by atoms with Gasteiger partial charge >= 0.3 is 6.09 Å². The minimum absolute atomic E-state index is 0.0455. The van der Waals surface area contributed by atoms with E-state index in [0.29, 0.717) is 32.6 Å². The highest BCUT2D eigenvalue weighted by Gasteiger charge is 2.32. The smallest absolute Gasteiger partial charge is 0.410 e. The first-order valence-electron chi connectivity index (χ1n) is 11.0. The third kappa shape index (κ3) is 4.93. The molecule has 9 heteroatoms. The average molecular weight is 517 g/mol. The van der Waals surface area contributed by atoms with Crippen LogP contribution in [0.5, 0.6) is 0 Å². The average Bonchev–Trinajstić information content (AvgIpc) is 3.01. The van der Waals surface area contributed by atoms with E-state index in [9.17, 15) is 14.4 Å². The van der Waals surface area contributed by atoms with Crippen LogP contribution in [0.15, 0.2) is 35.3 Å². The Kier molecular flexibility index (Phi) is 6.26. The summed E-state index contributed by atoms with van der Waals surface area (Å²) in [4.78, 5) is 40.5. The van der Waals surface area contributed by atoms with E-state index in [1.807, 2.05) is 43.5 Å². The Bertz CT molecular complexity index is 1130. The summed E-state index contributed by atoms with van der Waals surface area (Å²) >= 11 is 3.54. The molecular formula is C24H29BrN4O4. The van der Waals surface area contributed by atoms with Crippen LogP contribution < -0.4 is 5.32 Å². The molecule has 3 heterocycles. The Labute approximate surface area is 201 Å². The van der Waals surface area contributed by atoms with Crippen molar-refractivity contribution in [3.8, 4) is 0 Å². The highest BCUT2D eigenvalue weighted by Crippen LogP contribution is 2.33. The Hall–Kier alpha value is -2.81. The lowest BCUT2D eigenvalue weighted by Gasteiger charge is -2.39. The molecule has 176 valence electrons. The number of aromatic nitrogens is 1. The maximum absolute atomic E-state index is 12.8. The Balaban J connectivity index is 1.53. The van der Waals surface area contributed by atoms with Gasteiger partial charge in [-0.15, -0.1) is 0 Å². The third-order valence-corrected chi connectivity index (χ3v) is 6.40. The second-order valence-electron chi connectivity index (χ2n) is 9.54. The van der Waals surface area contributed by atoms with E-state index < -0.39 is 5.60 Å². The van der Waals surface area contributed by atoms with Gasteiger partial charge in [0.05, 0.1) is 12.6 Å². The third-order valence-electron chi connectivity index (χ3n) is 5.90. The zero-order valence-corrected chi connectivity index (χ0v) is 20.8. The van der Waals surface area contributed by atoms with Crippen molar-refractivity contribution >= 4 is 44.7 Å². The van der Waals surface area contributed by atoms with Gasteiger partial charge in [-0.1, -0.05) is 22.5 Å². The molecule has 4 rings (SSSR count). The number of carbonyl (C=O) groups is 3. The van der Waals surface area contributed by atoms with Gasteiger partial charge < -0.3 is 24.4 Å². The molecule has 1 fully saturated rings. The number of amides is 3. The van der Waals surface area contributed by atoms with E-state index in [2.05, 4.69) is 27.8 Å². The van der Waals surface area contributed by atoms with E-state index in [-0.39, 0.29) is 30.5 Å². The molecule has 1 saturated heterocycles. The lowest BCUT2D eigenvalue weighted by Crippen LogP contribution is -2.61. The molecule has 2 aliphatic rings. The largest absolute Gasteiger partial charge is 0.444 e. The summed E-state index contributed by atoms with van der Waals surface area (Å²) in [6.07, 6.45) is 1.60. The number of halogens is 1. The molecule has 0 unspecified atom stereocenters. The van der Waals surface area contributed by atoms with E-state index in [1.54, 1.807) is 9.80 Å². The molecule has 0 atom stereocenters. The van der Waals surface area contributed by atoms with Crippen LogP contribution in [-0.2, 0) is 33.8 Å². The quantitative estimate of drug-likeness (QED) is 0.632. The first kappa shape index (κ1) is 23.4. The Morgan fingerprint density at radius 3 is 2.64 bits per heavy atom. The molecule has 0 aliphatic carbocycles. The maximum Gasteiger partial charge on any atom is 0.410 e. The van der Waals surface area contributed by atoms with Crippen molar-refractivity contribution in [1.82, 2.24) is 19.7 Å². The lowest BCUT2D eigenvalue weighted by atomic mass is 10.0. The van der Waals surface area contributed by atoms with Gasteiger partial charge in [0.15, 0.2) is 0 Å². The highest BCUT2D eigenvalue weighted by atomic mass is 79.9. The first-order chi connectivity index (χ1) is 15.6. The first-order valence-corrected chi connectivity index (χ1v) is 11.8. The summed E-state index contributed by atoms with van der Waals surface area (Å²) in [5.74, 6) is -0.214. The predicted molar refractivity (Wildman–Crippen MR) is 129 cm³/mol. The monoisotopic (exact) mass is 516 g/mol. The normalized spacial score (nSPS) is 16.2. The number of rotatable bonds is 4. The molecule has 0 radical (unpaired) electrons. The number of ether oxygens (including phenoxy) is 1. The number of hydrogen-bond acceptors (Lipinski definition) is 4. The number of nitrogens with zero attached hydrogens (tertiary/aromatic N) is 3. The fraction of sp³-hybridized carbons (Fsp3) is 0.458. The summed E-state index contributed by atoms with van der Waals surface area (Å²) in [5.41, 5.74) is 2.51. The lowest BCUT2D eigenvalue weighted by molar-refractivity contribution is -0.133. The summed E-state index contributed by atoms with van der Waals surface area (Å²) in [5, 5.41) is 4.04. The van der Waals surface area contributed by atoms with Crippen molar-refractivity contribution in [1.29, 1.82) is 0 Å². The Morgan fingerprint density at radius 1 is 1.24 bits per heavy atom. The van der Waals surface area contributed by atoms with Crippen LogP contribution in [0.3, 0.4) is 0 Å². The fourth-order valence-corrected chi connectivity index (χ4v) is 4.74. The van der Waals surface area contributed by atoms with Crippen molar-refractivity contribution in [3.05, 3.63) is 46.6 Å². The van der Waals surface area contributed by atoms with Crippen LogP contribution in [0, 0.1) is 0 Å². The van der Waals surface area contributed by atoms with E-state index in [0.717, 1.165) is 26.6 Å². The van der Waals surface area contributed by atoms with Gasteiger partial charge in [0.2, 0.25) is 11.8 Å². The number of hydrogen-bond donors (Lipinski definition) is 1. The molecule has 0 saturated carbocycles. The van der Waals surface area contributed by atoms with Crippen molar-refractivity contribution in [3.63, 3.8) is 0 Å². The molecule has 0 bridgehead atoms. The molecule has 3 amide bonds. The van der Waals surface area contributed by atoms with E-state index in [1.165, 1.54) is 6.08 Å². The molecule has 33 heavy (non-hydrogen) atoms. The SMILES string of the molecule is C=CC(=O)N1CC(NC(=O)Cn2c3c(c4cc(Br)ccc42)CN(C(=O)OC(C)(C)C)CC3)C1. The molecule has 1 N–H and O–H groups in total. The minimum atomic E-state index is -0.556. The Morgan fingerprint density at radius 2 is 1.97 bits per heavy atom. The topological polar surface area (TPSA) is 83.9 Å². The van der Waals surface area contributed by atoms with Gasteiger partial charge in [-0.2, -0.15) is 0 Å². The second kappa shape index (κ2) is 8.85. The van der Waals surface area contributed by atoms with Crippen molar-refractivity contribution in [2.75, 3.05) is 19.6 Å². The van der Waals surface area contributed by atoms with Crippen molar-refractivity contribution in [2.24, 2.45) is 0 Å². The molecule has 1 aromatic heterocycles. The summed E-state index contributed by atoms with van der Waals surface area (Å²) in [6.45, 7) is 11.2. The standard InChI is InChI=1S/C24H29BrN4O4/c1-5-22(31)28-11-16(12-28)26-21(30)14-29-19-7-6-15(25)10-17(19)18-13-27(9-8-20(18)29)23(32)33-24(2,3)4/h5-7,10,16H,1,8-9,11-14H2,2-4H3,(H,26,30). The molecular weight excluding hydrogens is 488 g/mol. The number of nitrogens with one attached hydrogen (secondary N) is 1. The predicted octanol–water partition coefficient (Wildman–Crippen LogP) is 3.21. The van der Waals surface area contributed by atoms with Gasteiger partial charge in [0.25, 0.3) is 0 Å². The zero-order chi connectivity index (χ0) is 23.9.